The number of aryl methyl sites for hydroxylation is 1. The molecule has 1 aliphatic carbocycles. The van der Waals surface area contributed by atoms with Crippen molar-refractivity contribution in [1.82, 2.24) is 0 Å². The molecule has 0 fully saturated rings. The second-order valence-corrected chi connectivity index (χ2v) is 7.27. The average molecular weight is 338 g/mol. The Morgan fingerprint density at radius 3 is 2.39 bits per heavy atom. The molecular formula is C16H18O6S. The number of benzene rings is 1. The summed E-state index contributed by atoms with van der Waals surface area (Å²) in [7, 11) is -2.27. The van der Waals surface area contributed by atoms with Crippen molar-refractivity contribution in [2.24, 2.45) is 0 Å². The summed E-state index contributed by atoms with van der Waals surface area (Å²) in [4.78, 5) is 12.2. The van der Waals surface area contributed by atoms with Crippen molar-refractivity contribution < 1.29 is 21.8 Å². The van der Waals surface area contributed by atoms with Crippen LogP contribution < -0.4 is 14.5 Å². The minimum Gasteiger partial charge on any atom is -0.493 e. The second-order valence-electron chi connectivity index (χ2n) is 5.69. The normalized spacial score (nSPS) is 15.0. The van der Waals surface area contributed by atoms with Gasteiger partial charge in [0.1, 0.15) is 5.58 Å². The monoisotopic (exact) mass is 338 g/mol. The first-order valence-corrected chi connectivity index (χ1v) is 9.27. The van der Waals surface area contributed by atoms with Crippen LogP contribution in [0.5, 0.6) is 11.5 Å². The highest BCUT2D eigenvalue weighted by Gasteiger charge is 2.20. The zero-order valence-electron chi connectivity index (χ0n) is 13.0. The van der Waals surface area contributed by atoms with E-state index in [1.165, 1.54) is 13.2 Å². The highest BCUT2D eigenvalue weighted by Crippen LogP contribution is 2.36. The summed E-state index contributed by atoms with van der Waals surface area (Å²) < 4.78 is 38.3. The van der Waals surface area contributed by atoms with Crippen molar-refractivity contribution in [2.75, 3.05) is 13.4 Å². The topological polar surface area (TPSA) is 82.8 Å². The number of hydrogen-bond acceptors (Lipinski definition) is 6. The lowest BCUT2D eigenvalue weighted by Gasteiger charge is -2.13. The molecule has 6 nitrogen and oxygen atoms in total. The third-order valence-corrected chi connectivity index (χ3v) is 4.48. The summed E-state index contributed by atoms with van der Waals surface area (Å²) in [6, 6.07) is 3.09. The van der Waals surface area contributed by atoms with Gasteiger partial charge in [0.05, 0.1) is 13.4 Å². The maximum Gasteiger partial charge on any atom is 0.339 e. The quantitative estimate of drug-likeness (QED) is 0.485. The summed E-state index contributed by atoms with van der Waals surface area (Å²) in [6.07, 6.45) is 5.50. The minimum atomic E-state index is -3.71. The van der Waals surface area contributed by atoms with E-state index < -0.39 is 10.1 Å². The fourth-order valence-corrected chi connectivity index (χ4v) is 3.47. The molecule has 0 bridgehead atoms. The zero-order valence-corrected chi connectivity index (χ0v) is 13.9. The van der Waals surface area contributed by atoms with Gasteiger partial charge < -0.3 is 13.3 Å². The van der Waals surface area contributed by atoms with Crippen LogP contribution in [0.1, 0.15) is 30.4 Å². The molecule has 0 saturated heterocycles. The molecule has 1 aromatic carbocycles. The molecule has 0 radical (unpaired) electrons. The first-order valence-electron chi connectivity index (χ1n) is 7.45. The molecule has 124 valence electrons. The van der Waals surface area contributed by atoms with E-state index >= 15 is 0 Å². The lowest BCUT2D eigenvalue weighted by molar-refractivity contribution is 0.391. The van der Waals surface area contributed by atoms with Crippen LogP contribution in [0, 0.1) is 0 Å². The second kappa shape index (κ2) is 5.88. The van der Waals surface area contributed by atoms with Crippen LogP contribution in [0.4, 0.5) is 0 Å². The van der Waals surface area contributed by atoms with Gasteiger partial charge in [0, 0.05) is 17.0 Å². The Morgan fingerprint density at radius 2 is 1.74 bits per heavy atom. The van der Waals surface area contributed by atoms with Crippen LogP contribution >= 0.6 is 0 Å². The largest absolute Gasteiger partial charge is 0.493 e. The fourth-order valence-electron chi connectivity index (χ4n) is 3.02. The van der Waals surface area contributed by atoms with Crippen molar-refractivity contribution in [1.29, 1.82) is 0 Å². The lowest BCUT2D eigenvalue weighted by atomic mass is 10.0. The van der Waals surface area contributed by atoms with Crippen LogP contribution in [0.3, 0.4) is 0 Å². The SMILES string of the molecule is COc1cc2c3c(c(=O)oc2cc1OS(C)(=O)=O)CCCCC3. The predicted octanol–water partition coefficient (Wildman–Crippen LogP) is 2.41. The summed E-state index contributed by atoms with van der Waals surface area (Å²) in [6.45, 7) is 0. The van der Waals surface area contributed by atoms with E-state index in [-0.39, 0.29) is 11.4 Å². The molecule has 23 heavy (non-hydrogen) atoms. The van der Waals surface area contributed by atoms with E-state index in [0.717, 1.165) is 42.9 Å². The number of rotatable bonds is 3. The Kier molecular flexibility index (Phi) is 4.06. The molecule has 0 N–H and O–H groups in total. The number of ether oxygens (including phenoxy) is 1. The lowest BCUT2D eigenvalue weighted by Crippen LogP contribution is -2.11. The third-order valence-electron chi connectivity index (χ3n) is 4.00. The van der Waals surface area contributed by atoms with Crippen molar-refractivity contribution in [3.05, 3.63) is 33.7 Å². The van der Waals surface area contributed by atoms with Gasteiger partial charge in [-0.15, -0.1) is 0 Å². The van der Waals surface area contributed by atoms with E-state index in [1.807, 2.05) is 0 Å². The molecule has 2 aromatic rings. The van der Waals surface area contributed by atoms with Gasteiger partial charge in [-0.05, 0) is 37.3 Å². The standard InChI is InChI=1S/C16H18O6S/c1-20-14-8-12-10-6-4-3-5-7-11(10)16(17)21-13(12)9-15(14)22-23(2,18)19/h8-9H,3-7H2,1-2H3. The van der Waals surface area contributed by atoms with E-state index in [0.29, 0.717) is 23.3 Å². The maximum atomic E-state index is 12.2. The van der Waals surface area contributed by atoms with Crippen molar-refractivity contribution in [2.45, 2.75) is 32.1 Å². The molecule has 0 spiro atoms. The van der Waals surface area contributed by atoms with Crippen LogP contribution in [0.25, 0.3) is 11.0 Å². The highest BCUT2D eigenvalue weighted by atomic mass is 32.2. The zero-order chi connectivity index (χ0) is 16.6. The molecule has 0 aliphatic heterocycles. The molecule has 1 heterocycles. The Balaban J connectivity index is 2.27. The van der Waals surface area contributed by atoms with E-state index in [1.54, 1.807) is 6.07 Å². The summed E-state index contributed by atoms with van der Waals surface area (Å²) >= 11 is 0. The van der Waals surface area contributed by atoms with Gasteiger partial charge in [0.2, 0.25) is 0 Å². The van der Waals surface area contributed by atoms with E-state index in [4.69, 9.17) is 13.3 Å². The van der Waals surface area contributed by atoms with Gasteiger partial charge in [0.25, 0.3) is 0 Å². The average Bonchev–Trinajstić information content (AvgIpc) is 2.71. The molecule has 1 aromatic heterocycles. The van der Waals surface area contributed by atoms with Gasteiger partial charge in [-0.2, -0.15) is 8.42 Å². The fraction of sp³-hybridized carbons (Fsp3) is 0.438. The van der Waals surface area contributed by atoms with Gasteiger partial charge in [-0.1, -0.05) is 6.42 Å². The third kappa shape index (κ3) is 3.19. The summed E-state index contributed by atoms with van der Waals surface area (Å²) in [5.74, 6) is 0.308. The minimum absolute atomic E-state index is 0.0132. The predicted molar refractivity (Wildman–Crippen MR) is 85.8 cm³/mol. The Bertz CT molecular complexity index is 910. The molecule has 3 rings (SSSR count). The molecule has 0 saturated carbocycles. The number of hydrogen-bond donors (Lipinski definition) is 0. The van der Waals surface area contributed by atoms with Crippen molar-refractivity contribution >= 4 is 21.1 Å². The van der Waals surface area contributed by atoms with Crippen molar-refractivity contribution in [3.8, 4) is 11.5 Å². The molecule has 0 atom stereocenters. The number of methoxy groups -OCH3 is 1. The van der Waals surface area contributed by atoms with Crippen LogP contribution in [0.2, 0.25) is 0 Å². The van der Waals surface area contributed by atoms with E-state index in [2.05, 4.69) is 0 Å². The Morgan fingerprint density at radius 1 is 1.04 bits per heavy atom. The molecule has 7 heteroatoms. The summed E-state index contributed by atoms with van der Waals surface area (Å²) in [5.41, 5.74) is 1.65. The van der Waals surface area contributed by atoms with Crippen molar-refractivity contribution in [3.63, 3.8) is 0 Å². The molecular weight excluding hydrogens is 320 g/mol. The van der Waals surface area contributed by atoms with Crippen LogP contribution in [0.15, 0.2) is 21.3 Å². The van der Waals surface area contributed by atoms with Gasteiger partial charge >= 0.3 is 15.7 Å². The Hall–Kier alpha value is -2.02. The van der Waals surface area contributed by atoms with E-state index in [9.17, 15) is 13.2 Å². The van der Waals surface area contributed by atoms with Gasteiger partial charge in [-0.25, -0.2) is 4.79 Å². The first kappa shape index (κ1) is 15.9. The molecule has 0 unspecified atom stereocenters. The molecule has 1 aliphatic rings. The van der Waals surface area contributed by atoms with Gasteiger partial charge in [0.15, 0.2) is 11.5 Å². The Labute approximate surface area is 134 Å². The smallest absolute Gasteiger partial charge is 0.339 e. The number of fused-ring (bicyclic) bond motifs is 3. The summed E-state index contributed by atoms with van der Waals surface area (Å²) in [5, 5.41) is 0.777. The maximum absolute atomic E-state index is 12.2. The first-order chi connectivity index (χ1) is 10.9. The molecule has 0 amide bonds. The highest BCUT2D eigenvalue weighted by molar-refractivity contribution is 7.86. The van der Waals surface area contributed by atoms with Crippen LogP contribution in [-0.2, 0) is 23.0 Å². The van der Waals surface area contributed by atoms with Crippen LogP contribution in [-0.4, -0.2) is 21.8 Å². The van der Waals surface area contributed by atoms with Gasteiger partial charge in [-0.3, -0.25) is 0 Å².